The van der Waals surface area contributed by atoms with Gasteiger partial charge in [-0.1, -0.05) is 19.4 Å². The Morgan fingerprint density at radius 3 is 2.70 bits per heavy atom. The van der Waals surface area contributed by atoms with Crippen molar-refractivity contribution in [2.45, 2.75) is 57.7 Å². The van der Waals surface area contributed by atoms with E-state index in [9.17, 15) is 4.79 Å². The van der Waals surface area contributed by atoms with E-state index in [1.54, 1.807) is 0 Å². The second kappa shape index (κ2) is 9.21. The van der Waals surface area contributed by atoms with Crippen LogP contribution in [0.1, 0.15) is 45.2 Å². The summed E-state index contributed by atoms with van der Waals surface area (Å²) >= 11 is 0. The summed E-state index contributed by atoms with van der Waals surface area (Å²) in [5.41, 5.74) is 6.44. The van der Waals surface area contributed by atoms with Crippen molar-refractivity contribution < 1.29 is 4.79 Å². The smallest absolute Gasteiger partial charge is 0.240 e. The molecule has 1 aromatic heterocycles. The van der Waals surface area contributed by atoms with Crippen molar-refractivity contribution in [3.05, 3.63) is 30.1 Å². The third kappa shape index (κ3) is 6.09. The minimum absolute atomic E-state index is 0. The van der Waals surface area contributed by atoms with Crippen LogP contribution in [0.5, 0.6) is 0 Å². The predicted molar refractivity (Wildman–Crippen MR) is 95.4 cm³/mol. The van der Waals surface area contributed by atoms with Crippen molar-refractivity contribution in [3.63, 3.8) is 0 Å². The molecule has 1 aliphatic rings. The number of pyridine rings is 1. The van der Waals surface area contributed by atoms with Gasteiger partial charge in [-0.25, -0.2) is 0 Å². The Bertz CT molecular complexity index is 473. The summed E-state index contributed by atoms with van der Waals surface area (Å²) in [5.74, 6) is -0.0162. The van der Waals surface area contributed by atoms with Gasteiger partial charge in [-0.2, -0.15) is 0 Å². The van der Waals surface area contributed by atoms with Crippen molar-refractivity contribution in [3.8, 4) is 0 Å². The van der Waals surface area contributed by atoms with Gasteiger partial charge in [0.25, 0.3) is 0 Å². The highest BCUT2D eigenvalue weighted by atomic mass is 35.5. The summed E-state index contributed by atoms with van der Waals surface area (Å²) in [7, 11) is 0. The molecule has 0 aliphatic carbocycles. The molecule has 1 aliphatic heterocycles. The molecule has 23 heavy (non-hydrogen) atoms. The molecule has 5 nitrogen and oxygen atoms in total. The van der Waals surface area contributed by atoms with Gasteiger partial charge in [0, 0.05) is 31.9 Å². The molecule has 1 aromatic rings. The fourth-order valence-electron chi connectivity index (χ4n) is 2.94. The molecule has 0 spiro atoms. The zero-order chi connectivity index (χ0) is 16.0. The molecule has 1 amide bonds. The molecular formula is C17H29ClN4O. The first-order chi connectivity index (χ1) is 10.5. The maximum atomic E-state index is 12.2. The normalized spacial score (nSPS) is 18.7. The minimum Gasteiger partial charge on any atom is -0.352 e. The van der Waals surface area contributed by atoms with Crippen LogP contribution < -0.4 is 11.1 Å². The summed E-state index contributed by atoms with van der Waals surface area (Å²) in [6, 6.07) is 6.25. The Hall–Kier alpha value is -1.17. The van der Waals surface area contributed by atoms with E-state index >= 15 is 0 Å². The van der Waals surface area contributed by atoms with Crippen molar-refractivity contribution in [1.82, 2.24) is 15.2 Å². The van der Waals surface area contributed by atoms with Crippen molar-refractivity contribution in [2.24, 2.45) is 5.73 Å². The van der Waals surface area contributed by atoms with E-state index in [2.05, 4.69) is 28.2 Å². The molecule has 0 radical (unpaired) electrons. The molecule has 0 bridgehead atoms. The fourth-order valence-corrected chi connectivity index (χ4v) is 2.94. The van der Waals surface area contributed by atoms with E-state index in [1.165, 1.54) is 0 Å². The number of carbonyl (C=O) groups excluding carboxylic acids is 1. The molecule has 0 aromatic carbocycles. The second-order valence-corrected chi connectivity index (χ2v) is 6.51. The number of aromatic nitrogens is 1. The SMILES string of the molecule is CCCC(C)(N)C(=O)NC1CCN(Cc2ccccn2)CC1.Cl. The quantitative estimate of drug-likeness (QED) is 0.832. The number of piperidine rings is 1. The van der Waals surface area contributed by atoms with Crippen molar-refractivity contribution >= 4 is 18.3 Å². The zero-order valence-corrected chi connectivity index (χ0v) is 14.9. The van der Waals surface area contributed by atoms with E-state index < -0.39 is 5.54 Å². The number of hydrogen-bond donors (Lipinski definition) is 2. The van der Waals surface area contributed by atoms with Crippen LogP contribution in [0.25, 0.3) is 0 Å². The Labute approximate surface area is 145 Å². The third-order valence-corrected chi connectivity index (χ3v) is 4.32. The standard InChI is InChI=1S/C17H28N4O.ClH/c1-3-9-17(2,18)16(22)20-14-7-11-21(12-8-14)13-15-6-4-5-10-19-15;/h4-6,10,14H,3,7-9,11-13,18H2,1-2H3,(H,20,22);1H. The summed E-state index contributed by atoms with van der Waals surface area (Å²) in [6.07, 6.45) is 5.42. The average Bonchev–Trinajstić information content (AvgIpc) is 2.50. The van der Waals surface area contributed by atoms with Crippen molar-refractivity contribution in [2.75, 3.05) is 13.1 Å². The van der Waals surface area contributed by atoms with Crippen LogP contribution in [-0.2, 0) is 11.3 Å². The first-order valence-corrected chi connectivity index (χ1v) is 8.23. The first kappa shape index (κ1) is 19.9. The van der Waals surface area contributed by atoms with Gasteiger partial charge in [0.15, 0.2) is 0 Å². The number of nitrogens with zero attached hydrogens (tertiary/aromatic N) is 2. The zero-order valence-electron chi connectivity index (χ0n) is 14.1. The number of nitrogens with two attached hydrogens (primary N) is 1. The number of hydrogen-bond acceptors (Lipinski definition) is 4. The van der Waals surface area contributed by atoms with Gasteiger partial charge < -0.3 is 11.1 Å². The number of rotatable bonds is 6. The Morgan fingerprint density at radius 2 is 2.13 bits per heavy atom. The number of amides is 1. The highest BCUT2D eigenvalue weighted by Crippen LogP contribution is 2.15. The van der Waals surface area contributed by atoms with Gasteiger partial charge in [0.2, 0.25) is 5.91 Å². The maximum Gasteiger partial charge on any atom is 0.240 e. The lowest BCUT2D eigenvalue weighted by atomic mass is 9.95. The molecule has 1 saturated heterocycles. The molecule has 2 heterocycles. The Morgan fingerprint density at radius 1 is 1.43 bits per heavy atom. The molecule has 1 unspecified atom stereocenters. The summed E-state index contributed by atoms with van der Waals surface area (Å²) in [6.45, 7) is 6.72. The minimum atomic E-state index is -0.750. The summed E-state index contributed by atoms with van der Waals surface area (Å²) in [5, 5.41) is 3.12. The third-order valence-electron chi connectivity index (χ3n) is 4.32. The first-order valence-electron chi connectivity index (χ1n) is 8.23. The largest absolute Gasteiger partial charge is 0.352 e. The lowest BCUT2D eigenvalue weighted by Gasteiger charge is -2.34. The van der Waals surface area contributed by atoms with E-state index in [4.69, 9.17) is 5.73 Å². The molecular weight excluding hydrogens is 312 g/mol. The molecule has 0 saturated carbocycles. The van der Waals surface area contributed by atoms with Crippen LogP contribution in [0.4, 0.5) is 0 Å². The van der Waals surface area contributed by atoms with Gasteiger partial charge >= 0.3 is 0 Å². The maximum absolute atomic E-state index is 12.2. The average molecular weight is 341 g/mol. The lowest BCUT2D eigenvalue weighted by molar-refractivity contribution is -0.127. The number of likely N-dealkylation sites (tertiary alicyclic amines) is 1. The lowest BCUT2D eigenvalue weighted by Crippen LogP contribution is -2.55. The molecule has 130 valence electrons. The second-order valence-electron chi connectivity index (χ2n) is 6.51. The molecule has 3 N–H and O–H groups in total. The molecule has 6 heteroatoms. The Kier molecular flexibility index (Phi) is 7.95. The topological polar surface area (TPSA) is 71.2 Å². The van der Waals surface area contributed by atoms with E-state index in [0.29, 0.717) is 0 Å². The van der Waals surface area contributed by atoms with E-state index in [0.717, 1.165) is 51.0 Å². The van der Waals surface area contributed by atoms with Gasteiger partial charge in [0.1, 0.15) is 0 Å². The van der Waals surface area contributed by atoms with Gasteiger partial charge in [-0.3, -0.25) is 14.7 Å². The van der Waals surface area contributed by atoms with E-state index in [-0.39, 0.29) is 24.4 Å². The van der Waals surface area contributed by atoms with Crippen LogP contribution in [0.3, 0.4) is 0 Å². The van der Waals surface area contributed by atoms with Crippen LogP contribution in [0.2, 0.25) is 0 Å². The molecule has 2 rings (SSSR count). The van der Waals surface area contributed by atoms with Crippen LogP contribution in [-0.4, -0.2) is 40.5 Å². The van der Waals surface area contributed by atoms with Gasteiger partial charge in [-0.05, 0) is 38.3 Å². The molecule has 1 fully saturated rings. The number of halogens is 1. The fraction of sp³-hybridized carbons (Fsp3) is 0.647. The molecule has 1 atom stereocenters. The van der Waals surface area contributed by atoms with Crippen LogP contribution in [0, 0.1) is 0 Å². The summed E-state index contributed by atoms with van der Waals surface area (Å²) in [4.78, 5) is 19.0. The highest BCUT2D eigenvalue weighted by Gasteiger charge is 2.30. The number of carbonyl (C=O) groups is 1. The summed E-state index contributed by atoms with van der Waals surface area (Å²) < 4.78 is 0. The van der Waals surface area contributed by atoms with E-state index in [1.807, 2.05) is 25.3 Å². The predicted octanol–water partition coefficient (Wildman–Crippen LogP) is 2.10. The Balaban J connectivity index is 0.00000264. The van der Waals surface area contributed by atoms with Crippen LogP contribution in [0.15, 0.2) is 24.4 Å². The number of nitrogens with one attached hydrogen (secondary N) is 1. The monoisotopic (exact) mass is 340 g/mol. The van der Waals surface area contributed by atoms with Gasteiger partial charge in [-0.15, -0.1) is 12.4 Å². The van der Waals surface area contributed by atoms with Crippen LogP contribution >= 0.6 is 12.4 Å². The van der Waals surface area contributed by atoms with Crippen molar-refractivity contribution in [1.29, 1.82) is 0 Å². The highest BCUT2D eigenvalue weighted by molar-refractivity contribution is 5.86. The van der Waals surface area contributed by atoms with Gasteiger partial charge in [0.05, 0.1) is 11.2 Å².